The van der Waals surface area contributed by atoms with E-state index in [9.17, 15) is 0 Å². The van der Waals surface area contributed by atoms with Crippen molar-refractivity contribution in [3.05, 3.63) is 0 Å². The van der Waals surface area contributed by atoms with Crippen LogP contribution in [0.4, 0.5) is 0 Å². The fourth-order valence-electron chi connectivity index (χ4n) is 2.29. The molecule has 14 nitrogen and oxygen atoms in total. The predicted octanol–water partition coefficient (Wildman–Crippen LogP) is -6.39. The Kier molecular flexibility index (Phi) is 46.5. The third-order valence-electron chi connectivity index (χ3n) is 3.95. The second-order valence-electron chi connectivity index (χ2n) is 7.02. The molecule has 3 fully saturated rings. The molecule has 0 amide bonds. The Labute approximate surface area is 227 Å². The van der Waals surface area contributed by atoms with Gasteiger partial charge in [0.05, 0.1) is 40.0 Å². The van der Waals surface area contributed by atoms with E-state index < -0.39 is 0 Å². The molecule has 16 heteroatoms. The first-order valence-electron chi connectivity index (χ1n) is 11.6. The third-order valence-corrected chi connectivity index (χ3v) is 3.95. The second-order valence-corrected chi connectivity index (χ2v) is 7.02. The van der Waals surface area contributed by atoms with E-state index in [1.165, 1.54) is 0 Å². The zero-order valence-electron chi connectivity index (χ0n) is 20.8. The molecule has 3 rings (SSSR count). The number of hydrogen-bond acceptors (Lipinski definition) is 14. The van der Waals surface area contributed by atoms with E-state index in [0.29, 0.717) is 39.3 Å². The topological polar surface area (TPSA) is 235 Å². The van der Waals surface area contributed by atoms with Crippen LogP contribution in [-0.2, 0) is 33.6 Å². The van der Waals surface area contributed by atoms with Crippen molar-refractivity contribution in [3.8, 4) is 0 Å². The summed E-state index contributed by atoms with van der Waals surface area (Å²) in [5, 5.41) is 20.9. The Morgan fingerprint density at radius 1 is 0.353 bits per heavy atom. The van der Waals surface area contributed by atoms with Crippen LogP contribution in [0.15, 0.2) is 0 Å². The summed E-state index contributed by atoms with van der Waals surface area (Å²) < 4.78 is 0. The van der Waals surface area contributed by atoms with E-state index in [-0.39, 0.29) is 33.6 Å². The monoisotopic (exact) mass is 584 g/mol. The van der Waals surface area contributed by atoms with Gasteiger partial charge in [-0.25, -0.2) is 0 Å². The smallest absolute Gasteiger partial charge is 0.329 e. The average Bonchev–Trinajstić information content (AvgIpc) is 2.84. The zero-order chi connectivity index (χ0) is 24.1. The first-order chi connectivity index (χ1) is 15.7. The zero-order valence-corrected chi connectivity index (χ0v) is 22.8. The van der Waals surface area contributed by atoms with E-state index in [1.807, 2.05) is 0 Å². The van der Waals surface area contributed by atoms with Gasteiger partial charge in [-0.05, 0) is 0 Å². The fourth-order valence-corrected chi connectivity index (χ4v) is 2.29. The van der Waals surface area contributed by atoms with Crippen LogP contribution in [0.3, 0.4) is 0 Å². The van der Waals surface area contributed by atoms with Crippen LogP contribution in [0.2, 0.25) is 0 Å². The normalized spacial score (nSPS) is 21.7. The van der Waals surface area contributed by atoms with Crippen LogP contribution in [0.25, 0.3) is 0 Å². The summed E-state index contributed by atoms with van der Waals surface area (Å²) in [5.74, 6) is 0. The number of hydrogen-bond donors (Lipinski definition) is 12. The number of nitrogens with one attached hydrogen (secondary N) is 6. The minimum Gasteiger partial charge on any atom is -0.329 e. The van der Waals surface area contributed by atoms with Crippen LogP contribution in [0.5, 0.6) is 0 Å². The molecule has 0 aromatic heterocycles. The fraction of sp³-hybridized carbons (Fsp3) is 1.00. The van der Waals surface area contributed by atoms with Crippen LogP contribution in [-0.4, -0.2) is 128 Å². The molecule has 2 bridgehead atoms. The summed E-state index contributed by atoms with van der Waals surface area (Å²) in [4.78, 5) is 4.70. The Morgan fingerprint density at radius 2 is 0.500 bits per heavy atom. The molecule has 3 saturated heterocycles. The molecular formula is C18H54Co2N14+6. The van der Waals surface area contributed by atoms with Gasteiger partial charge in [-0.1, -0.05) is 0 Å². The van der Waals surface area contributed by atoms with Crippen molar-refractivity contribution < 1.29 is 33.6 Å². The van der Waals surface area contributed by atoms with Crippen molar-refractivity contribution in [3.63, 3.8) is 0 Å². The van der Waals surface area contributed by atoms with Crippen molar-refractivity contribution in [2.75, 3.05) is 119 Å². The quantitative estimate of drug-likeness (QED) is 0.148. The van der Waals surface area contributed by atoms with E-state index in [1.54, 1.807) is 0 Å². The van der Waals surface area contributed by atoms with Crippen molar-refractivity contribution in [1.82, 2.24) is 41.7 Å². The van der Waals surface area contributed by atoms with E-state index in [0.717, 1.165) is 79.3 Å². The Bertz CT molecular complexity index is 259. The Hall–Kier alpha value is 0.453. The molecule has 0 atom stereocenters. The molecule has 208 valence electrons. The van der Waals surface area contributed by atoms with Crippen molar-refractivity contribution >= 4 is 0 Å². The molecule has 0 aromatic carbocycles. The minimum atomic E-state index is 0. The van der Waals surface area contributed by atoms with Gasteiger partial charge in [0.15, 0.2) is 0 Å². The number of rotatable bonds is 3. The summed E-state index contributed by atoms with van der Waals surface area (Å²) >= 11 is 0. The van der Waals surface area contributed by atoms with E-state index in [4.69, 9.17) is 34.4 Å². The maximum Gasteiger partial charge on any atom is 3.00 e. The molecule has 0 saturated carbocycles. The van der Waals surface area contributed by atoms with Crippen LogP contribution in [0, 0.1) is 0 Å². The van der Waals surface area contributed by atoms with Gasteiger partial charge in [-0.15, -0.1) is 0 Å². The molecule has 0 radical (unpaired) electrons. The maximum atomic E-state index is 4.90. The number of nitrogens with two attached hydrogens (primary N) is 6. The molecular weight excluding hydrogens is 530 g/mol. The first kappa shape index (κ1) is 41.6. The maximum absolute atomic E-state index is 4.90. The van der Waals surface area contributed by atoms with Crippen LogP contribution in [0.1, 0.15) is 0 Å². The summed E-state index contributed by atoms with van der Waals surface area (Å²) in [6.45, 7) is 15.0. The summed E-state index contributed by atoms with van der Waals surface area (Å²) in [6.07, 6.45) is 0. The van der Waals surface area contributed by atoms with E-state index >= 15 is 0 Å². The van der Waals surface area contributed by atoms with Gasteiger partial charge in [0.2, 0.25) is 0 Å². The second kappa shape index (κ2) is 38.0. The molecule has 0 aromatic rings. The standard InChI is InChI=1S/C12H30N8.3C2H8N2.2Co/c1-2-14-8-20-11-17-5-3-15-9-19(7-13-1)10-16-4-6-18-12-20;3*3-1-2-4;;/h13-18H,1-12H2;3*1-4H2;;/q;;;;2*+3. The molecule has 0 unspecified atom stereocenters. The van der Waals surface area contributed by atoms with Gasteiger partial charge in [0.1, 0.15) is 0 Å². The van der Waals surface area contributed by atoms with Gasteiger partial charge >= 0.3 is 33.6 Å². The van der Waals surface area contributed by atoms with Gasteiger partial charge in [0, 0.05) is 78.5 Å². The third kappa shape index (κ3) is 34.6. The first-order valence-corrected chi connectivity index (χ1v) is 11.6. The van der Waals surface area contributed by atoms with Gasteiger partial charge in [-0.3, -0.25) is 9.80 Å². The summed E-state index contributed by atoms with van der Waals surface area (Å²) in [5.41, 5.74) is 29.4. The number of fused-ring (bicyclic) bond motifs is 15. The number of nitrogens with zero attached hydrogens (tertiary/aromatic N) is 2. The minimum absolute atomic E-state index is 0. The molecule has 34 heavy (non-hydrogen) atoms. The molecule has 0 aliphatic carbocycles. The summed E-state index contributed by atoms with van der Waals surface area (Å²) in [7, 11) is 0. The van der Waals surface area contributed by atoms with Crippen molar-refractivity contribution in [2.24, 2.45) is 34.4 Å². The summed E-state index contributed by atoms with van der Waals surface area (Å²) in [6, 6.07) is 0. The molecule has 18 N–H and O–H groups in total. The van der Waals surface area contributed by atoms with Crippen LogP contribution < -0.4 is 66.3 Å². The Balaban J connectivity index is -0.000000270. The Morgan fingerprint density at radius 3 is 0.618 bits per heavy atom. The molecule has 3 aliphatic rings. The van der Waals surface area contributed by atoms with E-state index in [2.05, 4.69) is 41.7 Å². The predicted molar refractivity (Wildman–Crippen MR) is 135 cm³/mol. The van der Waals surface area contributed by atoms with Gasteiger partial charge < -0.3 is 66.3 Å². The largest absolute Gasteiger partial charge is 3.00 e. The van der Waals surface area contributed by atoms with Crippen molar-refractivity contribution in [1.29, 1.82) is 0 Å². The molecule has 3 aliphatic heterocycles. The van der Waals surface area contributed by atoms with Gasteiger partial charge in [0.25, 0.3) is 0 Å². The van der Waals surface area contributed by atoms with Crippen LogP contribution >= 0.6 is 0 Å². The molecule has 3 heterocycles. The van der Waals surface area contributed by atoms with Crippen molar-refractivity contribution in [2.45, 2.75) is 0 Å². The molecule has 0 spiro atoms. The SMILES string of the molecule is C1CNCN2CNCCNCN(CN1)CNCCNC2.NCCN.NCCN.NCCN.[Co+3].[Co+3]. The average molecular weight is 585 g/mol. The van der Waals surface area contributed by atoms with Gasteiger partial charge in [-0.2, -0.15) is 0 Å².